The summed E-state index contributed by atoms with van der Waals surface area (Å²) in [5, 5.41) is 9.20. The predicted molar refractivity (Wildman–Crippen MR) is 92.3 cm³/mol. The van der Waals surface area contributed by atoms with Gasteiger partial charge in [0.15, 0.2) is 5.96 Å². The van der Waals surface area contributed by atoms with Gasteiger partial charge < -0.3 is 16.0 Å². The van der Waals surface area contributed by atoms with Gasteiger partial charge in [-0.15, -0.1) is 17.0 Å². The molecule has 0 fully saturated rings. The van der Waals surface area contributed by atoms with Gasteiger partial charge in [0.2, 0.25) is 0 Å². The minimum Gasteiger partial charge on any atom is -0.370 e. The molecule has 5 nitrogen and oxygen atoms in total. The third-order valence-corrected chi connectivity index (χ3v) is 2.69. The van der Waals surface area contributed by atoms with E-state index in [0.717, 1.165) is 37.7 Å². The van der Waals surface area contributed by atoms with Crippen molar-refractivity contribution in [3.63, 3.8) is 0 Å². The Morgan fingerprint density at radius 1 is 1.17 bits per heavy atom. The molecule has 0 aromatic carbocycles. The van der Waals surface area contributed by atoms with Crippen LogP contribution in [0.1, 0.15) is 25.8 Å². The standard InChI is InChI=1S/C14H22F3N5.BrH/c1-3-18-13(19-4-2)21-9-5-8-20-12-7-6-11(10-22-12)14(15,16)17;/h6-7,10H,3-5,8-9H2,1-2H3,(H,20,22)(H2,18,19,21);1H. The minimum absolute atomic E-state index is 0. The monoisotopic (exact) mass is 397 g/mol. The van der Waals surface area contributed by atoms with Crippen molar-refractivity contribution >= 4 is 28.8 Å². The van der Waals surface area contributed by atoms with Crippen molar-refractivity contribution in [2.75, 3.05) is 31.5 Å². The van der Waals surface area contributed by atoms with Crippen LogP contribution in [0.3, 0.4) is 0 Å². The van der Waals surface area contributed by atoms with Gasteiger partial charge in [0, 0.05) is 32.4 Å². The first-order valence-corrected chi connectivity index (χ1v) is 7.26. The molecule has 0 atom stereocenters. The van der Waals surface area contributed by atoms with Crippen LogP contribution in [0.4, 0.5) is 19.0 Å². The number of nitrogens with one attached hydrogen (secondary N) is 3. The lowest BCUT2D eigenvalue weighted by Gasteiger charge is -2.10. The Balaban J connectivity index is 0.00000484. The third-order valence-electron chi connectivity index (χ3n) is 2.69. The van der Waals surface area contributed by atoms with Crippen LogP contribution in [-0.2, 0) is 6.18 Å². The van der Waals surface area contributed by atoms with Crippen LogP contribution in [-0.4, -0.2) is 37.1 Å². The zero-order valence-corrected chi connectivity index (χ0v) is 14.9. The van der Waals surface area contributed by atoms with E-state index in [2.05, 4.69) is 25.9 Å². The van der Waals surface area contributed by atoms with Crippen LogP contribution >= 0.6 is 17.0 Å². The largest absolute Gasteiger partial charge is 0.417 e. The number of aromatic nitrogens is 1. The third kappa shape index (κ3) is 8.63. The molecule has 0 saturated heterocycles. The summed E-state index contributed by atoms with van der Waals surface area (Å²) in [7, 11) is 0. The fourth-order valence-corrected chi connectivity index (χ4v) is 1.66. The second kappa shape index (κ2) is 11.1. The van der Waals surface area contributed by atoms with E-state index >= 15 is 0 Å². The summed E-state index contributed by atoms with van der Waals surface area (Å²) in [5.41, 5.74) is -0.747. The first-order chi connectivity index (χ1) is 10.5. The summed E-state index contributed by atoms with van der Waals surface area (Å²) in [6.07, 6.45) is -2.77. The lowest BCUT2D eigenvalue weighted by Crippen LogP contribution is -2.37. The maximum absolute atomic E-state index is 12.4. The van der Waals surface area contributed by atoms with E-state index in [9.17, 15) is 13.2 Å². The molecule has 23 heavy (non-hydrogen) atoms. The van der Waals surface area contributed by atoms with Crippen LogP contribution in [0.2, 0.25) is 0 Å². The molecule has 0 aliphatic heterocycles. The molecule has 0 saturated carbocycles. The normalized spacial score (nSPS) is 10.5. The average molecular weight is 398 g/mol. The van der Waals surface area contributed by atoms with Gasteiger partial charge in [-0.1, -0.05) is 0 Å². The quantitative estimate of drug-likeness (QED) is 0.376. The van der Waals surface area contributed by atoms with Crippen molar-refractivity contribution in [1.29, 1.82) is 0 Å². The van der Waals surface area contributed by atoms with E-state index in [4.69, 9.17) is 0 Å². The Hall–Kier alpha value is -1.51. The Morgan fingerprint density at radius 3 is 2.30 bits per heavy atom. The maximum atomic E-state index is 12.4. The Bertz CT molecular complexity index is 454. The van der Waals surface area contributed by atoms with Gasteiger partial charge in [-0.05, 0) is 32.4 Å². The van der Waals surface area contributed by atoms with Gasteiger partial charge in [-0.25, -0.2) is 4.98 Å². The lowest BCUT2D eigenvalue weighted by molar-refractivity contribution is -0.137. The molecule has 3 N–H and O–H groups in total. The van der Waals surface area contributed by atoms with Crippen molar-refractivity contribution in [2.24, 2.45) is 4.99 Å². The van der Waals surface area contributed by atoms with Crippen LogP contribution < -0.4 is 16.0 Å². The Labute approximate surface area is 144 Å². The second-order valence-electron chi connectivity index (χ2n) is 4.50. The zero-order chi connectivity index (χ0) is 16.4. The number of hydrogen-bond acceptors (Lipinski definition) is 3. The molecule has 0 aliphatic carbocycles. The number of nitrogens with zero attached hydrogens (tertiary/aromatic N) is 2. The lowest BCUT2D eigenvalue weighted by atomic mass is 10.3. The SMILES string of the molecule is Br.CCNC(=NCCCNc1ccc(C(F)(F)F)cn1)NCC. The summed E-state index contributed by atoms with van der Waals surface area (Å²) in [5.74, 6) is 1.19. The summed E-state index contributed by atoms with van der Waals surface area (Å²) < 4.78 is 37.2. The highest BCUT2D eigenvalue weighted by molar-refractivity contribution is 8.93. The van der Waals surface area contributed by atoms with E-state index in [1.807, 2.05) is 13.8 Å². The smallest absolute Gasteiger partial charge is 0.370 e. The van der Waals surface area contributed by atoms with Gasteiger partial charge in [-0.2, -0.15) is 13.2 Å². The molecule has 0 aliphatic rings. The minimum atomic E-state index is -4.35. The van der Waals surface area contributed by atoms with Gasteiger partial charge in [0.05, 0.1) is 5.56 Å². The summed E-state index contributed by atoms with van der Waals surface area (Å²) in [4.78, 5) is 8.11. The number of guanidine groups is 1. The van der Waals surface area contributed by atoms with E-state index in [1.54, 1.807) is 0 Å². The first-order valence-electron chi connectivity index (χ1n) is 7.26. The summed E-state index contributed by atoms with van der Waals surface area (Å²) in [6.45, 7) is 6.77. The van der Waals surface area contributed by atoms with E-state index < -0.39 is 11.7 Å². The van der Waals surface area contributed by atoms with Crippen molar-refractivity contribution in [1.82, 2.24) is 15.6 Å². The Morgan fingerprint density at radius 2 is 1.83 bits per heavy atom. The van der Waals surface area contributed by atoms with Crippen LogP contribution in [0, 0.1) is 0 Å². The number of aliphatic imine (C=N–C) groups is 1. The number of alkyl halides is 3. The topological polar surface area (TPSA) is 61.3 Å². The molecule has 1 aromatic heterocycles. The van der Waals surface area contributed by atoms with E-state index in [-0.39, 0.29) is 17.0 Å². The summed E-state index contributed by atoms with van der Waals surface area (Å²) >= 11 is 0. The van der Waals surface area contributed by atoms with Gasteiger partial charge in [-0.3, -0.25) is 4.99 Å². The molecule has 1 aromatic rings. The highest BCUT2D eigenvalue weighted by atomic mass is 79.9. The molecule has 0 unspecified atom stereocenters. The predicted octanol–water partition coefficient (Wildman–Crippen LogP) is 3.06. The average Bonchev–Trinajstić information content (AvgIpc) is 2.47. The molecule has 0 spiro atoms. The van der Waals surface area contributed by atoms with Crippen molar-refractivity contribution in [3.05, 3.63) is 23.9 Å². The van der Waals surface area contributed by atoms with Crippen molar-refractivity contribution in [3.8, 4) is 0 Å². The summed E-state index contributed by atoms with van der Waals surface area (Å²) in [6, 6.07) is 2.34. The number of hydrogen-bond donors (Lipinski definition) is 3. The van der Waals surface area contributed by atoms with Crippen molar-refractivity contribution < 1.29 is 13.2 Å². The number of pyridine rings is 1. The molecule has 0 bridgehead atoms. The fraction of sp³-hybridized carbons (Fsp3) is 0.571. The molecule has 0 amide bonds. The highest BCUT2D eigenvalue weighted by Gasteiger charge is 2.30. The fourth-order valence-electron chi connectivity index (χ4n) is 1.66. The maximum Gasteiger partial charge on any atom is 0.417 e. The van der Waals surface area contributed by atoms with E-state index in [1.165, 1.54) is 6.07 Å². The molecule has 132 valence electrons. The van der Waals surface area contributed by atoms with Crippen LogP contribution in [0.25, 0.3) is 0 Å². The van der Waals surface area contributed by atoms with Gasteiger partial charge in [0.1, 0.15) is 5.82 Å². The molecular weight excluding hydrogens is 375 g/mol. The molecule has 9 heteroatoms. The second-order valence-corrected chi connectivity index (χ2v) is 4.50. The zero-order valence-electron chi connectivity index (χ0n) is 13.2. The number of anilines is 1. The molecule has 1 heterocycles. The number of rotatable bonds is 7. The van der Waals surface area contributed by atoms with Crippen LogP contribution in [0.5, 0.6) is 0 Å². The molecular formula is C14H23BrF3N5. The molecule has 1 rings (SSSR count). The van der Waals surface area contributed by atoms with Gasteiger partial charge >= 0.3 is 6.18 Å². The first kappa shape index (κ1) is 21.5. The number of halogens is 4. The van der Waals surface area contributed by atoms with Crippen LogP contribution in [0.15, 0.2) is 23.3 Å². The Kier molecular flexibility index (Phi) is 10.4. The van der Waals surface area contributed by atoms with Gasteiger partial charge in [0.25, 0.3) is 0 Å². The van der Waals surface area contributed by atoms with Crippen molar-refractivity contribution in [2.45, 2.75) is 26.4 Å². The molecule has 0 radical (unpaired) electrons. The highest BCUT2D eigenvalue weighted by Crippen LogP contribution is 2.28. The van der Waals surface area contributed by atoms with E-state index in [0.29, 0.717) is 18.9 Å².